The fourth-order valence-electron chi connectivity index (χ4n) is 2.50. The number of halogens is 4. The van der Waals surface area contributed by atoms with Gasteiger partial charge in [-0.05, 0) is 32.0 Å². The Morgan fingerprint density at radius 1 is 1.38 bits per heavy atom. The summed E-state index contributed by atoms with van der Waals surface area (Å²) >= 11 is 0. The first-order chi connectivity index (χ1) is 13.2. The van der Waals surface area contributed by atoms with E-state index in [4.69, 9.17) is 9.47 Å². The smallest absolute Gasteiger partial charge is 0.388 e. The number of anilines is 1. The molecule has 2 atom stereocenters. The minimum Gasteiger partial charge on any atom is -0.388 e. The van der Waals surface area contributed by atoms with Crippen LogP contribution in [-0.4, -0.2) is 56.3 Å². The molecule has 8 nitrogen and oxygen atoms in total. The van der Waals surface area contributed by atoms with Gasteiger partial charge in [-0.3, -0.25) is 9.52 Å². The Morgan fingerprint density at radius 3 is 2.59 bits per heavy atom. The minimum absolute atomic E-state index is 0.0794. The average molecular weight is 444 g/mol. The van der Waals surface area contributed by atoms with E-state index in [1.54, 1.807) is 18.6 Å². The predicted molar refractivity (Wildman–Crippen MR) is 92.7 cm³/mol. The third-order valence-corrected chi connectivity index (χ3v) is 5.02. The van der Waals surface area contributed by atoms with E-state index in [0.29, 0.717) is 6.07 Å². The highest BCUT2D eigenvalue weighted by molar-refractivity contribution is 7.93. The number of sulfonamides is 1. The fourth-order valence-corrected chi connectivity index (χ4v) is 3.51. The maximum Gasteiger partial charge on any atom is 0.419 e. The number of alkyl halides is 3. The maximum atomic E-state index is 13.3. The molecule has 164 valence electrons. The number of hydrogen-bond acceptors (Lipinski definition) is 6. The van der Waals surface area contributed by atoms with E-state index >= 15 is 0 Å². The molecule has 3 N–H and O–H groups in total. The lowest BCUT2D eigenvalue weighted by Crippen LogP contribution is -2.42. The monoisotopic (exact) mass is 444 g/mol. The van der Waals surface area contributed by atoms with Crippen LogP contribution in [-0.2, 0) is 30.5 Å². The Balaban J connectivity index is 1.91. The summed E-state index contributed by atoms with van der Waals surface area (Å²) in [5, 5.41) is 12.2. The Hall–Kier alpha value is -1.96. The van der Waals surface area contributed by atoms with E-state index < -0.39 is 62.9 Å². The number of amides is 1. The zero-order chi connectivity index (χ0) is 22.0. The molecule has 0 saturated carbocycles. The number of nitrogens with one attached hydrogen (secondary N) is 2. The normalized spacial score (nSPS) is 20.3. The van der Waals surface area contributed by atoms with Crippen LogP contribution in [0.5, 0.6) is 0 Å². The lowest BCUT2D eigenvalue weighted by atomic mass is 10.2. The largest absolute Gasteiger partial charge is 0.419 e. The molecule has 2 unspecified atom stereocenters. The number of carbonyl (C=O) groups excluding carboxylic acids is 1. The molecule has 2 rings (SSSR count). The molecule has 13 heteroatoms. The van der Waals surface area contributed by atoms with Crippen LogP contribution >= 0.6 is 0 Å². The maximum absolute atomic E-state index is 13.3. The molecule has 0 radical (unpaired) electrons. The second kappa shape index (κ2) is 8.42. The summed E-state index contributed by atoms with van der Waals surface area (Å²) in [7, 11) is -4.38. The molecule has 1 aliphatic heterocycles. The van der Waals surface area contributed by atoms with Gasteiger partial charge in [0.25, 0.3) is 0 Å². The average Bonchev–Trinajstić information content (AvgIpc) is 2.92. The van der Waals surface area contributed by atoms with Crippen LogP contribution in [0.4, 0.5) is 23.2 Å². The zero-order valence-corrected chi connectivity index (χ0v) is 16.2. The topological polar surface area (TPSA) is 114 Å². The standard InChI is InChI=1S/C16H20F4N2O6S/c1-15(2)27-7-13(28-15)12(23)6-21-14(24)8-29(25,26)22-9-3-4-11(17)10(5-9)16(18,19)20/h3-5,12-13,22-23H,6-8H2,1-2H3,(H,21,24). The highest BCUT2D eigenvalue weighted by atomic mass is 32.2. The Labute approximate surface area is 164 Å². The molecule has 29 heavy (non-hydrogen) atoms. The van der Waals surface area contributed by atoms with Crippen LogP contribution in [0.2, 0.25) is 0 Å². The number of hydrogen-bond donors (Lipinski definition) is 3. The molecule has 1 amide bonds. The predicted octanol–water partition coefficient (Wildman–Crippen LogP) is 1.21. The second-order valence-electron chi connectivity index (χ2n) is 6.79. The van der Waals surface area contributed by atoms with Crippen molar-refractivity contribution in [2.75, 3.05) is 23.6 Å². The molecule has 0 spiro atoms. The van der Waals surface area contributed by atoms with Crippen LogP contribution in [0.25, 0.3) is 0 Å². The summed E-state index contributed by atoms with van der Waals surface area (Å²) in [6.45, 7) is 3.02. The van der Waals surface area contributed by atoms with Crippen LogP contribution in [0.3, 0.4) is 0 Å². The van der Waals surface area contributed by atoms with Crippen molar-refractivity contribution in [2.45, 2.75) is 38.0 Å². The first kappa shape index (κ1) is 23.3. The summed E-state index contributed by atoms with van der Waals surface area (Å²) in [5.41, 5.74) is -2.20. The summed E-state index contributed by atoms with van der Waals surface area (Å²) in [5.74, 6) is -4.58. The molecule has 1 aromatic carbocycles. The van der Waals surface area contributed by atoms with Crippen LogP contribution in [0, 0.1) is 5.82 Å². The molecule has 1 aliphatic rings. The summed E-state index contributed by atoms with van der Waals surface area (Å²) < 4.78 is 87.8. The van der Waals surface area contributed by atoms with Gasteiger partial charge in [-0.1, -0.05) is 0 Å². The van der Waals surface area contributed by atoms with E-state index in [2.05, 4.69) is 5.32 Å². The molecule has 1 heterocycles. The van der Waals surface area contributed by atoms with Crippen LogP contribution in [0.1, 0.15) is 19.4 Å². The number of ether oxygens (including phenoxy) is 2. The molecule has 1 fully saturated rings. The first-order valence-electron chi connectivity index (χ1n) is 8.32. The lowest BCUT2D eigenvalue weighted by molar-refractivity contribution is -0.150. The van der Waals surface area contributed by atoms with Gasteiger partial charge < -0.3 is 19.9 Å². The Kier molecular flexibility index (Phi) is 6.77. The molecule has 0 aliphatic carbocycles. The van der Waals surface area contributed by atoms with Crippen molar-refractivity contribution < 1.29 is 45.4 Å². The van der Waals surface area contributed by atoms with E-state index in [1.165, 1.54) is 0 Å². The highest BCUT2D eigenvalue weighted by Crippen LogP contribution is 2.33. The summed E-state index contributed by atoms with van der Waals surface area (Å²) in [6, 6.07) is 1.54. The van der Waals surface area contributed by atoms with Gasteiger partial charge in [0.05, 0.1) is 18.3 Å². The van der Waals surface area contributed by atoms with E-state index in [0.717, 1.165) is 6.07 Å². The van der Waals surface area contributed by atoms with E-state index in [-0.39, 0.29) is 19.2 Å². The Morgan fingerprint density at radius 2 is 2.03 bits per heavy atom. The third-order valence-electron chi connectivity index (χ3n) is 3.83. The van der Waals surface area contributed by atoms with Crippen molar-refractivity contribution in [2.24, 2.45) is 0 Å². The minimum atomic E-state index is -5.01. The van der Waals surface area contributed by atoms with Gasteiger partial charge in [0.15, 0.2) is 5.79 Å². The van der Waals surface area contributed by atoms with Gasteiger partial charge in [-0.15, -0.1) is 0 Å². The van der Waals surface area contributed by atoms with Crippen molar-refractivity contribution in [1.82, 2.24) is 5.32 Å². The van der Waals surface area contributed by atoms with Crippen LogP contribution < -0.4 is 10.0 Å². The van der Waals surface area contributed by atoms with Gasteiger partial charge in [-0.2, -0.15) is 13.2 Å². The third kappa shape index (κ3) is 6.80. The van der Waals surface area contributed by atoms with E-state index in [1.807, 2.05) is 0 Å². The van der Waals surface area contributed by atoms with Gasteiger partial charge >= 0.3 is 6.18 Å². The van der Waals surface area contributed by atoms with E-state index in [9.17, 15) is 35.9 Å². The Bertz CT molecular complexity index is 859. The number of carbonyl (C=O) groups is 1. The number of rotatable bonds is 7. The molecule has 1 aromatic rings. The molecule has 0 aromatic heterocycles. The van der Waals surface area contributed by atoms with Gasteiger partial charge in [0.2, 0.25) is 15.9 Å². The number of benzene rings is 1. The van der Waals surface area contributed by atoms with Crippen molar-refractivity contribution in [3.05, 3.63) is 29.6 Å². The van der Waals surface area contributed by atoms with Crippen molar-refractivity contribution >= 4 is 21.6 Å². The van der Waals surface area contributed by atoms with Gasteiger partial charge in [0, 0.05) is 12.2 Å². The quantitative estimate of drug-likeness (QED) is 0.545. The summed E-state index contributed by atoms with van der Waals surface area (Å²) in [6.07, 6.45) is -6.90. The number of aliphatic hydroxyl groups is 1. The number of aliphatic hydroxyl groups excluding tert-OH is 1. The van der Waals surface area contributed by atoms with Crippen molar-refractivity contribution in [3.63, 3.8) is 0 Å². The molecular formula is C16H20F4N2O6S. The first-order valence-corrected chi connectivity index (χ1v) is 9.97. The molecular weight excluding hydrogens is 424 g/mol. The fraction of sp³-hybridized carbons (Fsp3) is 0.562. The van der Waals surface area contributed by atoms with Crippen molar-refractivity contribution in [1.29, 1.82) is 0 Å². The van der Waals surface area contributed by atoms with Gasteiger partial charge in [0.1, 0.15) is 17.7 Å². The second-order valence-corrected chi connectivity index (χ2v) is 8.51. The zero-order valence-electron chi connectivity index (χ0n) is 15.4. The van der Waals surface area contributed by atoms with Gasteiger partial charge in [-0.25, -0.2) is 12.8 Å². The highest BCUT2D eigenvalue weighted by Gasteiger charge is 2.37. The molecule has 0 bridgehead atoms. The van der Waals surface area contributed by atoms with Crippen molar-refractivity contribution in [3.8, 4) is 0 Å². The molecule has 1 saturated heterocycles. The summed E-state index contributed by atoms with van der Waals surface area (Å²) in [4.78, 5) is 11.8. The van der Waals surface area contributed by atoms with Crippen LogP contribution in [0.15, 0.2) is 18.2 Å². The SMILES string of the molecule is CC1(C)OCC(C(O)CNC(=O)CS(=O)(=O)Nc2ccc(F)c(C(F)(F)F)c2)O1. The lowest BCUT2D eigenvalue weighted by Gasteiger charge is -2.20.